The predicted molar refractivity (Wildman–Crippen MR) is 165 cm³/mol. The number of hydrogen-bond donors (Lipinski definition) is 0. The molecule has 0 radical (unpaired) electrons. The topological polar surface area (TPSA) is 81.8 Å². The van der Waals surface area contributed by atoms with Crippen molar-refractivity contribution in [3.63, 3.8) is 0 Å². The molecular formula is C30H37N5O3S2. The summed E-state index contributed by atoms with van der Waals surface area (Å²) in [6.07, 6.45) is 4.27. The Labute approximate surface area is 246 Å². The SMILES string of the molecule is CCCCn1c(N2CCN(Cc3ccccc3)CC2)c(C=C2SC(=S)N(CCCOC)C2=O)c(C)c(C#N)c1=O. The van der Waals surface area contributed by atoms with Crippen molar-refractivity contribution in [3.05, 3.63) is 67.8 Å². The summed E-state index contributed by atoms with van der Waals surface area (Å²) in [5.41, 5.74) is 2.50. The van der Waals surface area contributed by atoms with E-state index >= 15 is 0 Å². The van der Waals surface area contributed by atoms with Crippen LogP contribution in [0.15, 0.2) is 40.0 Å². The first-order chi connectivity index (χ1) is 19.4. The van der Waals surface area contributed by atoms with Crippen LogP contribution in [0.2, 0.25) is 0 Å². The number of hydrogen-bond acceptors (Lipinski definition) is 8. The lowest BCUT2D eigenvalue weighted by atomic mass is 10.0. The fourth-order valence-electron chi connectivity index (χ4n) is 5.16. The molecule has 1 aromatic carbocycles. The van der Waals surface area contributed by atoms with Gasteiger partial charge in [0.1, 0.15) is 21.8 Å². The van der Waals surface area contributed by atoms with Gasteiger partial charge in [0.15, 0.2) is 0 Å². The number of nitriles is 1. The molecule has 1 aromatic heterocycles. The van der Waals surface area contributed by atoms with Crippen molar-refractivity contribution in [1.82, 2.24) is 14.4 Å². The molecule has 0 aliphatic carbocycles. The summed E-state index contributed by atoms with van der Waals surface area (Å²) < 4.78 is 7.41. The standard InChI is InChI=1S/C30H37N5O3S2/c1-4-5-12-34-27(33-16-14-32(15-17-33)21-23-10-7-6-8-11-23)24(22(2)25(20-31)28(34)36)19-26-29(37)35(30(39)40-26)13-9-18-38-3/h6-8,10-11,19H,4-5,9,12-18,21H2,1-3H3. The quantitative estimate of drug-likeness (QED) is 0.220. The average molecular weight is 580 g/mol. The number of thioether (sulfide) groups is 1. The van der Waals surface area contributed by atoms with Crippen molar-refractivity contribution in [2.24, 2.45) is 0 Å². The number of nitrogens with zero attached hydrogens (tertiary/aromatic N) is 5. The smallest absolute Gasteiger partial charge is 0.270 e. The minimum absolute atomic E-state index is 0.129. The summed E-state index contributed by atoms with van der Waals surface area (Å²) in [5, 5.41) is 9.95. The number of unbranched alkanes of at least 4 members (excludes halogenated alkanes) is 1. The normalized spacial score (nSPS) is 17.2. The highest BCUT2D eigenvalue weighted by Crippen LogP contribution is 2.36. The Kier molecular flexibility index (Phi) is 10.6. The van der Waals surface area contributed by atoms with Crippen LogP contribution in [0.5, 0.6) is 0 Å². The summed E-state index contributed by atoms with van der Waals surface area (Å²) in [6, 6.07) is 12.6. The predicted octanol–water partition coefficient (Wildman–Crippen LogP) is 4.39. The molecular weight excluding hydrogens is 542 g/mol. The van der Waals surface area contributed by atoms with Gasteiger partial charge in [-0.3, -0.25) is 24.0 Å². The van der Waals surface area contributed by atoms with Crippen molar-refractivity contribution < 1.29 is 9.53 Å². The van der Waals surface area contributed by atoms with E-state index in [1.807, 2.05) is 19.1 Å². The van der Waals surface area contributed by atoms with Crippen molar-refractivity contribution in [3.8, 4) is 6.07 Å². The Bertz CT molecular complexity index is 1360. The van der Waals surface area contributed by atoms with Crippen LogP contribution >= 0.6 is 24.0 Å². The zero-order valence-corrected chi connectivity index (χ0v) is 25.2. The zero-order chi connectivity index (χ0) is 28.6. The lowest BCUT2D eigenvalue weighted by Gasteiger charge is -2.38. The van der Waals surface area contributed by atoms with Gasteiger partial charge in [-0.1, -0.05) is 67.7 Å². The zero-order valence-electron chi connectivity index (χ0n) is 23.5. The van der Waals surface area contributed by atoms with Gasteiger partial charge in [0.2, 0.25) is 0 Å². The molecule has 8 nitrogen and oxygen atoms in total. The van der Waals surface area contributed by atoms with Crippen LogP contribution in [0.25, 0.3) is 6.08 Å². The van der Waals surface area contributed by atoms with E-state index in [0.29, 0.717) is 40.9 Å². The molecule has 1 amide bonds. The minimum atomic E-state index is -0.264. The van der Waals surface area contributed by atoms with Crippen LogP contribution in [0.3, 0.4) is 0 Å². The largest absolute Gasteiger partial charge is 0.385 e. The van der Waals surface area contributed by atoms with Crippen LogP contribution in [-0.2, 0) is 22.6 Å². The highest BCUT2D eigenvalue weighted by molar-refractivity contribution is 8.26. The summed E-state index contributed by atoms with van der Waals surface area (Å²) in [4.78, 5) is 33.7. The molecule has 2 aromatic rings. The second-order valence-corrected chi connectivity index (χ2v) is 11.8. The van der Waals surface area contributed by atoms with Gasteiger partial charge in [-0.05, 0) is 37.0 Å². The van der Waals surface area contributed by atoms with E-state index in [4.69, 9.17) is 17.0 Å². The van der Waals surface area contributed by atoms with E-state index < -0.39 is 0 Å². The molecule has 10 heteroatoms. The third-order valence-corrected chi connectivity index (χ3v) is 8.76. The molecule has 2 saturated heterocycles. The highest BCUT2D eigenvalue weighted by atomic mass is 32.2. The lowest BCUT2D eigenvalue weighted by molar-refractivity contribution is -0.122. The van der Waals surface area contributed by atoms with Gasteiger partial charge in [-0.15, -0.1) is 0 Å². The molecule has 0 bridgehead atoms. The third kappa shape index (κ3) is 6.66. The van der Waals surface area contributed by atoms with Crippen LogP contribution in [0.4, 0.5) is 5.82 Å². The third-order valence-electron chi connectivity index (χ3n) is 7.38. The van der Waals surface area contributed by atoms with E-state index in [1.165, 1.54) is 17.3 Å². The summed E-state index contributed by atoms with van der Waals surface area (Å²) >= 11 is 6.81. The van der Waals surface area contributed by atoms with Gasteiger partial charge >= 0.3 is 0 Å². The number of rotatable bonds is 11. The first kappa shape index (κ1) is 30.0. The Balaban J connectivity index is 1.71. The van der Waals surface area contributed by atoms with E-state index in [9.17, 15) is 14.9 Å². The first-order valence-corrected chi connectivity index (χ1v) is 15.0. The average Bonchev–Trinajstić information content (AvgIpc) is 3.22. The molecule has 0 saturated carbocycles. The van der Waals surface area contributed by atoms with E-state index in [0.717, 1.165) is 56.9 Å². The van der Waals surface area contributed by atoms with E-state index in [-0.39, 0.29) is 17.0 Å². The number of thiocarbonyl (C=S) groups is 1. The molecule has 2 aliphatic rings. The fraction of sp³-hybridized carbons (Fsp3) is 0.467. The highest BCUT2D eigenvalue weighted by Gasteiger charge is 2.33. The number of benzene rings is 1. The maximum atomic E-state index is 13.6. The molecule has 2 aliphatic heterocycles. The van der Waals surface area contributed by atoms with Crippen LogP contribution in [0, 0.1) is 18.3 Å². The molecule has 0 atom stereocenters. The molecule has 212 valence electrons. The molecule has 40 heavy (non-hydrogen) atoms. The second-order valence-electron chi connectivity index (χ2n) is 10.1. The molecule has 3 heterocycles. The van der Waals surface area contributed by atoms with Crippen molar-refractivity contribution >= 4 is 46.1 Å². The number of pyridine rings is 1. The Morgan fingerprint density at radius 1 is 1.10 bits per heavy atom. The molecule has 0 N–H and O–H groups in total. The van der Waals surface area contributed by atoms with Crippen LogP contribution in [-0.4, -0.2) is 71.0 Å². The number of amides is 1. The molecule has 0 spiro atoms. The van der Waals surface area contributed by atoms with E-state index in [2.05, 4.69) is 47.1 Å². The van der Waals surface area contributed by atoms with Gasteiger partial charge in [-0.2, -0.15) is 5.26 Å². The maximum absolute atomic E-state index is 13.6. The lowest BCUT2D eigenvalue weighted by Crippen LogP contribution is -2.48. The van der Waals surface area contributed by atoms with Gasteiger partial charge in [-0.25, -0.2) is 0 Å². The van der Waals surface area contributed by atoms with Crippen molar-refractivity contribution in [2.75, 3.05) is 51.3 Å². The van der Waals surface area contributed by atoms with E-state index in [1.54, 1.807) is 16.6 Å². The summed E-state index contributed by atoms with van der Waals surface area (Å²) in [6.45, 7) is 9.49. The monoisotopic (exact) mass is 579 g/mol. The fourth-order valence-corrected chi connectivity index (χ4v) is 6.45. The number of piperazine rings is 1. The molecule has 4 rings (SSSR count). The van der Waals surface area contributed by atoms with Crippen LogP contribution in [0.1, 0.15) is 48.4 Å². The number of anilines is 1. The summed E-state index contributed by atoms with van der Waals surface area (Å²) in [5.74, 6) is 0.646. The molecule has 2 fully saturated rings. The Morgan fingerprint density at radius 2 is 1.82 bits per heavy atom. The van der Waals surface area contributed by atoms with Gasteiger partial charge in [0, 0.05) is 65.1 Å². The first-order valence-electron chi connectivity index (χ1n) is 13.8. The van der Waals surface area contributed by atoms with Gasteiger partial charge < -0.3 is 9.64 Å². The van der Waals surface area contributed by atoms with Crippen molar-refractivity contribution in [1.29, 1.82) is 5.26 Å². The Hall–Kier alpha value is -2.97. The maximum Gasteiger partial charge on any atom is 0.270 e. The Morgan fingerprint density at radius 3 is 2.48 bits per heavy atom. The number of carbonyl (C=O) groups excluding carboxylic acids is 1. The van der Waals surface area contributed by atoms with Crippen molar-refractivity contribution in [2.45, 2.75) is 46.2 Å². The minimum Gasteiger partial charge on any atom is -0.385 e. The number of ether oxygens (including phenoxy) is 1. The molecule has 0 unspecified atom stereocenters. The number of aromatic nitrogens is 1. The number of methoxy groups -OCH3 is 1. The van der Waals surface area contributed by atoms with Gasteiger partial charge in [0.25, 0.3) is 11.5 Å². The van der Waals surface area contributed by atoms with Crippen LogP contribution < -0.4 is 10.5 Å². The number of carbonyl (C=O) groups is 1. The van der Waals surface area contributed by atoms with Gasteiger partial charge in [0.05, 0.1) is 4.91 Å². The summed E-state index contributed by atoms with van der Waals surface area (Å²) in [7, 11) is 1.64. The second kappa shape index (κ2) is 14.1.